The second-order valence-corrected chi connectivity index (χ2v) is 5.98. The maximum Gasteiger partial charge on any atom is 0.0641 e. The van der Waals surface area contributed by atoms with Crippen molar-refractivity contribution in [2.75, 3.05) is 12.3 Å². The van der Waals surface area contributed by atoms with Crippen molar-refractivity contribution in [2.45, 2.75) is 44.9 Å². The lowest BCUT2D eigenvalue weighted by molar-refractivity contribution is -0.0630. The van der Waals surface area contributed by atoms with Gasteiger partial charge in [-0.05, 0) is 38.1 Å². The Balaban J connectivity index is 1.84. The minimum absolute atomic E-state index is 0.0108. The summed E-state index contributed by atoms with van der Waals surface area (Å²) in [5.41, 5.74) is 6.77. The molecule has 1 unspecified atom stereocenters. The molecule has 0 aliphatic carbocycles. The van der Waals surface area contributed by atoms with Crippen molar-refractivity contribution < 1.29 is 4.74 Å². The number of nitrogen functional groups attached to an aromatic ring is 1. The highest BCUT2D eigenvalue weighted by Gasteiger charge is 2.28. The van der Waals surface area contributed by atoms with Gasteiger partial charge in [-0.1, -0.05) is 0 Å². The van der Waals surface area contributed by atoms with Crippen molar-refractivity contribution in [3.8, 4) is 0 Å². The molecule has 1 aromatic heterocycles. The van der Waals surface area contributed by atoms with Crippen molar-refractivity contribution in [3.05, 3.63) is 16.3 Å². The van der Waals surface area contributed by atoms with Gasteiger partial charge in [-0.3, -0.25) is 0 Å². The average Bonchev–Trinajstić information content (AvgIpc) is 2.60. The smallest absolute Gasteiger partial charge is 0.0641 e. The molecule has 0 saturated carbocycles. The molecule has 16 heavy (non-hydrogen) atoms. The topological polar surface area (TPSA) is 47.3 Å². The second kappa shape index (κ2) is 4.73. The molecule has 1 atom stereocenters. The third kappa shape index (κ3) is 2.97. The van der Waals surface area contributed by atoms with E-state index in [4.69, 9.17) is 10.5 Å². The first-order valence-corrected chi connectivity index (χ1v) is 6.64. The standard InChI is InChI=1S/C12H20N2OS/c1-12(2)7-9(3-5-15-12)14-8-11-10(13)4-6-16-11/h4,6,9,14H,3,5,7-8,13H2,1-2H3. The Morgan fingerprint density at radius 1 is 1.62 bits per heavy atom. The Kier molecular flexibility index (Phi) is 3.52. The van der Waals surface area contributed by atoms with Crippen LogP contribution in [0.15, 0.2) is 11.4 Å². The van der Waals surface area contributed by atoms with Gasteiger partial charge < -0.3 is 15.8 Å². The maximum atomic E-state index is 5.86. The fraction of sp³-hybridized carbons (Fsp3) is 0.667. The molecule has 1 aromatic rings. The highest BCUT2D eigenvalue weighted by atomic mass is 32.1. The van der Waals surface area contributed by atoms with E-state index >= 15 is 0 Å². The number of anilines is 1. The van der Waals surface area contributed by atoms with E-state index < -0.39 is 0 Å². The van der Waals surface area contributed by atoms with Crippen LogP contribution in [0.2, 0.25) is 0 Å². The summed E-state index contributed by atoms with van der Waals surface area (Å²) in [4.78, 5) is 1.24. The van der Waals surface area contributed by atoms with Gasteiger partial charge >= 0.3 is 0 Å². The number of nitrogens with one attached hydrogen (secondary N) is 1. The Morgan fingerprint density at radius 2 is 2.44 bits per heavy atom. The summed E-state index contributed by atoms with van der Waals surface area (Å²) in [6.07, 6.45) is 2.16. The molecule has 1 fully saturated rings. The third-order valence-electron chi connectivity index (χ3n) is 3.03. The zero-order valence-corrected chi connectivity index (χ0v) is 10.8. The van der Waals surface area contributed by atoms with Crippen LogP contribution in [0.5, 0.6) is 0 Å². The fourth-order valence-corrected chi connectivity index (χ4v) is 2.89. The van der Waals surface area contributed by atoms with Crippen LogP contribution >= 0.6 is 11.3 Å². The van der Waals surface area contributed by atoms with Gasteiger partial charge in [0.15, 0.2) is 0 Å². The van der Waals surface area contributed by atoms with Crippen molar-refractivity contribution in [2.24, 2.45) is 0 Å². The summed E-state index contributed by atoms with van der Waals surface area (Å²) >= 11 is 1.72. The summed E-state index contributed by atoms with van der Waals surface area (Å²) in [5, 5.41) is 5.61. The summed E-state index contributed by atoms with van der Waals surface area (Å²) in [6, 6.07) is 2.51. The van der Waals surface area contributed by atoms with E-state index in [0.29, 0.717) is 6.04 Å². The number of hydrogen-bond donors (Lipinski definition) is 2. The molecule has 0 radical (unpaired) electrons. The largest absolute Gasteiger partial charge is 0.398 e. The molecule has 1 aliphatic heterocycles. The first-order chi connectivity index (χ1) is 7.57. The molecular weight excluding hydrogens is 220 g/mol. The van der Waals surface area contributed by atoms with Gasteiger partial charge in [-0.2, -0.15) is 0 Å². The number of ether oxygens (including phenoxy) is 1. The first kappa shape index (κ1) is 11.9. The van der Waals surface area contributed by atoms with Crippen molar-refractivity contribution >= 4 is 17.0 Å². The number of nitrogens with two attached hydrogens (primary N) is 1. The lowest BCUT2D eigenvalue weighted by atomic mass is 9.94. The van der Waals surface area contributed by atoms with Crippen LogP contribution in [0.4, 0.5) is 5.69 Å². The van der Waals surface area contributed by atoms with Crippen molar-refractivity contribution in [1.82, 2.24) is 5.32 Å². The second-order valence-electron chi connectivity index (χ2n) is 4.98. The molecule has 0 bridgehead atoms. The maximum absolute atomic E-state index is 5.86. The van der Waals surface area contributed by atoms with Crippen LogP contribution in [0, 0.1) is 0 Å². The normalized spacial score (nSPS) is 24.5. The minimum atomic E-state index is 0.0108. The zero-order valence-electron chi connectivity index (χ0n) is 9.95. The van der Waals surface area contributed by atoms with Gasteiger partial charge in [0.25, 0.3) is 0 Å². The molecular formula is C12H20N2OS. The van der Waals surface area contributed by atoms with E-state index in [1.807, 2.05) is 11.4 Å². The van der Waals surface area contributed by atoms with Gasteiger partial charge in [-0.25, -0.2) is 0 Å². The van der Waals surface area contributed by atoms with Crippen LogP contribution in [0.3, 0.4) is 0 Å². The molecule has 2 heterocycles. The summed E-state index contributed by atoms with van der Waals surface area (Å²) in [5.74, 6) is 0. The first-order valence-electron chi connectivity index (χ1n) is 5.76. The molecule has 4 heteroatoms. The average molecular weight is 240 g/mol. The van der Waals surface area contributed by atoms with Crippen LogP contribution in [0.1, 0.15) is 31.6 Å². The van der Waals surface area contributed by atoms with Gasteiger partial charge in [0.05, 0.1) is 5.60 Å². The van der Waals surface area contributed by atoms with E-state index in [2.05, 4.69) is 19.2 Å². The molecule has 0 aromatic carbocycles. The third-order valence-corrected chi connectivity index (χ3v) is 3.96. The monoisotopic (exact) mass is 240 g/mol. The highest BCUT2D eigenvalue weighted by molar-refractivity contribution is 7.10. The molecule has 3 N–H and O–H groups in total. The van der Waals surface area contributed by atoms with Gasteiger partial charge in [-0.15, -0.1) is 11.3 Å². The van der Waals surface area contributed by atoms with E-state index in [9.17, 15) is 0 Å². The fourth-order valence-electron chi connectivity index (χ4n) is 2.14. The molecule has 1 aliphatic rings. The Labute approximate surface area is 101 Å². The summed E-state index contributed by atoms with van der Waals surface area (Å²) in [7, 11) is 0. The van der Waals surface area contributed by atoms with Crippen molar-refractivity contribution in [3.63, 3.8) is 0 Å². The van der Waals surface area contributed by atoms with E-state index in [1.54, 1.807) is 11.3 Å². The number of rotatable bonds is 3. The molecule has 3 nitrogen and oxygen atoms in total. The predicted molar refractivity (Wildman–Crippen MR) is 68.6 cm³/mol. The molecule has 1 saturated heterocycles. The van der Waals surface area contributed by atoms with Crippen LogP contribution in [0.25, 0.3) is 0 Å². The highest BCUT2D eigenvalue weighted by Crippen LogP contribution is 2.25. The number of hydrogen-bond acceptors (Lipinski definition) is 4. The van der Waals surface area contributed by atoms with Gasteiger partial charge in [0.2, 0.25) is 0 Å². The van der Waals surface area contributed by atoms with Crippen LogP contribution in [-0.2, 0) is 11.3 Å². The summed E-state index contributed by atoms with van der Waals surface area (Å²) < 4.78 is 5.69. The quantitative estimate of drug-likeness (QED) is 0.852. The van der Waals surface area contributed by atoms with Crippen LogP contribution in [-0.4, -0.2) is 18.2 Å². The van der Waals surface area contributed by atoms with Gasteiger partial charge in [0.1, 0.15) is 0 Å². The lowest BCUT2D eigenvalue weighted by Gasteiger charge is -2.35. The molecule has 2 rings (SSSR count). The van der Waals surface area contributed by atoms with Crippen LogP contribution < -0.4 is 11.1 Å². The predicted octanol–water partition coefficient (Wildman–Crippen LogP) is 2.38. The minimum Gasteiger partial charge on any atom is -0.398 e. The molecule has 0 amide bonds. The number of thiophene rings is 1. The van der Waals surface area contributed by atoms with E-state index in [1.165, 1.54) is 4.88 Å². The Morgan fingerprint density at radius 3 is 3.06 bits per heavy atom. The molecule has 0 spiro atoms. The Bertz CT molecular complexity index is 349. The SMILES string of the molecule is CC1(C)CC(NCc2sccc2N)CCO1. The van der Waals surface area contributed by atoms with Gasteiger partial charge in [0, 0.05) is 29.8 Å². The van der Waals surface area contributed by atoms with Crippen molar-refractivity contribution in [1.29, 1.82) is 0 Å². The molecule has 90 valence electrons. The lowest BCUT2D eigenvalue weighted by Crippen LogP contribution is -2.43. The van der Waals surface area contributed by atoms with E-state index in [0.717, 1.165) is 31.7 Å². The van der Waals surface area contributed by atoms with E-state index in [-0.39, 0.29) is 5.60 Å². The summed E-state index contributed by atoms with van der Waals surface area (Å²) in [6.45, 7) is 6.04. The zero-order chi connectivity index (χ0) is 11.6. The Hall–Kier alpha value is -0.580.